The van der Waals surface area contributed by atoms with Crippen molar-refractivity contribution in [3.8, 4) is 5.75 Å². The van der Waals surface area contributed by atoms with Gasteiger partial charge in [0.05, 0.1) is 6.04 Å². The van der Waals surface area contributed by atoms with Gasteiger partial charge < -0.3 is 10.4 Å². The molecule has 2 rings (SSSR count). The second-order valence-corrected chi connectivity index (χ2v) is 3.45. The van der Waals surface area contributed by atoms with Gasteiger partial charge in [0.1, 0.15) is 11.1 Å². The van der Waals surface area contributed by atoms with Gasteiger partial charge in [-0.25, -0.2) is 0 Å². The Balaban J connectivity index is 2.18. The third kappa shape index (κ3) is 1.35. The van der Waals surface area contributed by atoms with Crippen LogP contribution in [0.25, 0.3) is 0 Å². The molecule has 2 N–H and O–H groups in total. The summed E-state index contributed by atoms with van der Waals surface area (Å²) in [5.41, 5.74) is 0.914. The summed E-state index contributed by atoms with van der Waals surface area (Å²) in [4.78, 5) is 10.8. The van der Waals surface area contributed by atoms with E-state index in [1.807, 2.05) is 0 Å². The lowest BCUT2D eigenvalue weighted by Crippen LogP contribution is -2.52. The van der Waals surface area contributed by atoms with Gasteiger partial charge in [-0.15, -0.1) is 11.6 Å². The minimum Gasteiger partial charge on any atom is -0.508 e. The number of amides is 1. The molecule has 2 unspecified atom stereocenters. The Morgan fingerprint density at radius 1 is 1.31 bits per heavy atom. The molecule has 1 aliphatic rings. The highest BCUT2D eigenvalue weighted by molar-refractivity contribution is 6.33. The van der Waals surface area contributed by atoms with Crippen molar-refractivity contribution < 1.29 is 9.90 Å². The number of hydrogen-bond donors (Lipinski definition) is 2. The average Bonchev–Trinajstić information content (AvgIpc) is 2.15. The van der Waals surface area contributed by atoms with E-state index in [0.29, 0.717) is 0 Å². The Kier molecular flexibility index (Phi) is 1.88. The van der Waals surface area contributed by atoms with Gasteiger partial charge in [0, 0.05) is 0 Å². The minimum absolute atomic E-state index is 0.116. The summed E-state index contributed by atoms with van der Waals surface area (Å²) in [6.45, 7) is 0. The van der Waals surface area contributed by atoms with E-state index in [-0.39, 0.29) is 17.7 Å². The highest BCUT2D eigenvalue weighted by Gasteiger charge is 2.38. The second-order valence-electron chi connectivity index (χ2n) is 2.98. The molecular formula is C9H8ClNO2. The monoisotopic (exact) mass is 197 g/mol. The van der Waals surface area contributed by atoms with E-state index in [2.05, 4.69) is 5.32 Å². The number of rotatable bonds is 1. The number of benzene rings is 1. The molecule has 0 aromatic heterocycles. The summed E-state index contributed by atoms with van der Waals surface area (Å²) in [7, 11) is 0. The van der Waals surface area contributed by atoms with E-state index in [0.717, 1.165) is 5.56 Å². The number of aromatic hydroxyl groups is 1. The number of carbonyl (C=O) groups excluding carboxylic acids is 1. The van der Waals surface area contributed by atoms with Crippen molar-refractivity contribution >= 4 is 17.5 Å². The van der Waals surface area contributed by atoms with Crippen molar-refractivity contribution in [1.82, 2.24) is 5.32 Å². The number of hydrogen-bond acceptors (Lipinski definition) is 2. The van der Waals surface area contributed by atoms with Crippen molar-refractivity contribution in [2.24, 2.45) is 0 Å². The van der Waals surface area contributed by atoms with Gasteiger partial charge in [-0.3, -0.25) is 4.79 Å². The smallest absolute Gasteiger partial charge is 0.241 e. The average molecular weight is 198 g/mol. The summed E-state index contributed by atoms with van der Waals surface area (Å²) in [5.74, 6) is 0.0697. The summed E-state index contributed by atoms with van der Waals surface area (Å²) >= 11 is 5.77. The summed E-state index contributed by atoms with van der Waals surface area (Å²) in [6, 6.07) is 6.52. The van der Waals surface area contributed by atoms with Crippen molar-refractivity contribution in [3.05, 3.63) is 29.8 Å². The van der Waals surface area contributed by atoms with Crippen molar-refractivity contribution in [2.45, 2.75) is 11.4 Å². The summed E-state index contributed by atoms with van der Waals surface area (Å²) in [5, 5.41) is 11.2. The molecule has 3 nitrogen and oxygen atoms in total. The lowest BCUT2D eigenvalue weighted by Gasteiger charge is -2.32. The molecule has 2 atom stereocenters. The van der Waals surface area contributed by atoms with Crippen LogP contribution in [0.4, 0.5) is 0 Å². The molecule has 1 saturated heterocycles. The van der Waals surface area contributed by atoms with Gasteiger partial charge in [0.15, 0.2) is 0 Å². The molecule has 68 valence electrons. The first kappa shape index (κ1) is 8.38. The predicted molar refractivity (Wildman–Crippen MR) is 48.6 cm³/mol. The first-order valence-corrected chi connectivity index (χ1v) is 4.35. The second kappa shape index (κ2) is 2.92. The van der Waals surface area contributed by atoms with Crippen molar-refractivity contribution in [1.29, 1.82) is 0 Å². The Morgan fingerprint density at radius 2 is 1.92 bits per heavy atom. The predicted octanol–water partition coefficient (Wildman–Crippen LogP) is 1.17. The first-order chi connectivity index (χ1) is 6.18. The molecule has 1 aromatic carbocycles. The van der Waals surface area contributed by atoms with Gasteiger partial charge >= 0.3 is 0 Å². The van der Waals surface area contributed by atoms with Crippen LogP contribution in [0.15, 0.2) is 24.3 Å². The van der Waals surface area contributed by atoms with Crippen LogP contribution in [0.3, 0.4) is 0 Å². The molecule has 1 heterocycles. The van der Waals surface area contributed by atoms with Crippen LogP contribution in [-0.2, 0) is 4.79 Å². The van der Waals surface area contributed by atoms with Crippen LogP contribution in [0.5, 0.6) is 5.75 Å². The zero-order valence-corrected chi connectivity index (χ0v) is 7.45. The van der Waals surface area contributed by atoms with Gasteiger partial charge in [-0.1, -0.05) is 12.1 Å². The maximum atomic E-state index is 10.8. The zero-order chi connectivity index (χ0) is 9.42. The van der Waals surface area contributed by atoms with Gasteiger partial charge in [0.2, 0.25) is 5.91 Å². The van der Waals surface area contributed by atoms with E-state index in [1.165, 1.54) is 0 Å². The Labute approximate surface area is 80.3 Å². The molecule has 0 spiro atoms. The number of phenols is 1. The SMILES string of the molecule is O=C1NC(c2ccc(O)cc2)C1Cl. The topological polar surface area (TPSA) is 49.3 Å². The van der Waals surface area contributed by atoms with E-state index < -0.39 is 5.38 Å². The van der Waals surface area contributed by atoms with Crippen LogP contribution in [0.2, 0.25) is 0 Å². The molecule has 0 radical (unpaired) electrons. The largest absolute Gasteiger partial charge is 0.508 e. The Bertz CT molecular complexity index is 336. The molecule has 0 saturated carbocycles. The number of phenolic OH excluding ortho intramolecular Hbond substituents is 1. The van der Waals surface area contributed by atoms with Crippen LogP contribution in [0.1, 0.15) is 11.6 Å². The maximum Gasteiger partial charge on any atom is 0.241 e. The molecule has 13 heavy (non-hydrogen) atoms. The Hall–Kier alpha value is -1.22. The number of alkyl halides is 1. The van der Waals surface area contributed by atoms with E-state index in [1.54, 1.807) is 24.3 Å². The number of nitrogens with one attached hydrogen (secondary N) is 1. The number of β-lactam (4-membered cyclic amide) rings is 1. The molecule has 0 aliphatic carbocycles. The lowest BCUT2D eigenvalue weighted by molar-refractivity contribution is -0.127. The minimum atomic E-state index is -0.482. The van der Waals surface area contributed by atoms with Crippen LogP contribution >= 0.6 is 11.6 Å². The maximum absolute atomic E-state index is 10.8. The number of carbonyl (C=O) groups is 1. The molecule has 1 aromatic rings. The quantitative estimate of drug-likeness (QED) is 0.525. The molecule has 1 amide bonds. The van der Waals surface area contributed by atoms with Crippen LogP contribution in [0, 0.1) is 0 Å². The van der Waals surface area contributed by atoms with Gasteiger partial charge in [-0.2, -0.15) is 0 Å². The molecule has 1 fully saturated rings. The Morgan fingerprint density at radius 3 is 2.38 bits per heavy atom. The highest BCUT2D eigenvalue weighted by Crippen LogP contribution is 2.29. The standard InChI is InChI=1S/C9H8ClNO2/c10-7-8(11-9(7)13)5-1-3-6(12)4-2-5/h1-4,7-8,12H,(H,11,13). The summed E-state index contributed by atoms with van der Waals surface area (Å²) in [6.07, 6.45) is 0. The fourth-order valence-corrected chi connectivity index (χ4v) is 1.57. The lowest BCUT2D eigenvalue weighted by atomic mass is 9.97. The number of halogens is 1. The molecule has 4 heteroatoms. The third-order valence-corrected chi connectivity index (χ3v) is 2.54. The van der Waals surface area contributed by atoms with Crippen molar-refractivity contribution in [2.75, 3.05) is 0 Å². The van der Waals surface area contributed by atoms with Gasteiger partial charge in [-0.05, 0) is 17.7 Å². The highest BCUT2D eigenvalue weighted by atomic mass is 35.5. The first-order valence-electron chi connectivity index (χ1n) is 3.92. The van der Waals surface area contributed by atoms with Crippen LogP contribution < -0.4 is 5.32 Å². The fourth-order valence-electron chi connectivity index (χ4n) is 1.30. The third-order valence-electron chi connectivity index (χ3n) is 2.09. The molecule has 1 aliphatic heterocycles. The van der Waals surface area contributed by atoms with E-state index >= 15 is 0 Å². The van der Waals surface area contributed by atoms with E-state index in [4.69, 9.17) is 16.7 Å². The van der Waals surface area contributed by atoms with E-state index in [9.17, 15) is 4.79 Å². The van der Waals surface area contributed by atoms with Gasteiger partial charge in [0.25, 0.3) is 0 Å². The fraction of sp³-hybridized carbons (Fsp3) is 0.222. The molecular weight excluding hydrogens is 190 g/mol. The normalized spacial score (nSPS) is 26.4. The molecule has 0 bridgehead atoms. The summed E-state index contributed by atoms with van der Waals surface area (Å²) < 4.78 is 0. The van der Waals surface area contributed by atoms with Crippen LogP contribution in [-0.4, -0.2) is 16.4 Å². The van der Waals surface area contributed by atoms with Crippen molar-refractivity contribution in [3.63, 3.8) is 0 Å². The zero-order valence-electron chi connectivity index (χ0n) is 6.70.